The van der Waals surface area contributed by atoms with Crippen molar-refractivity contribution in [3.05, 3.63) is 48.2 Å². The van der Waals surface area contributed by atoms with E-state index in [4.69, 9.17) is 20.4 Å². The lowest BCUT2D eigenvalue weighted by atomic mass is 9.91. The highest BCUT2D eigenvalue weighted by atomic mass is 16.5. The van der Waals surface area contributed by atoms with Crippen LogP contribution >= 0.6 is 0 Å². The Balaban J connectivity index is 1.33. The van der Waals surface area contributed by atoms with Crippen LogP contribution in [0.2, 0.25) is 0 Å². The predicted molar refractivity (Wildman–Crippen MR) is 132 cm³/mol. The molecule has 1 amide bonds. The molecule has 0 unspecified atom stereocenters. The number of fused-ring (bicyclic) bond motifs is 1. The number of hydrogen-bond donors (Lipinski definition) is 2. The molecular weight excluding hydrogens is 460 g/mol. The Morgan fingerprint density at radius 2 is 1.75 bits per heavy atom. The van der Waals surface area contributed by atoms with Crippen LogP contribution in [-0.4, -0.2) is 85.3 Å². The lowest BCUT2D eigenvalue weighted by molar-refractivity contribution is 0.0712. The molecule has 36 heavy (non-hydrogen) atoms. The van der Waals surface area contributed by atoms with Gasteiger partial charge in [0.25, 0.3) is 5.91 Å². The number of carbonyl (C=O) groups is 1. The first-order chi connectivity index (χ1) is 17.7. The van der Waals surface area contributed by atoms with Crippen LogP contribution in [0.5, 0.6) is 0 Å². The van der Waals surface area contributed by atoms with Gasteiger partial charge >= 0.3 is 0 Å². The first-order valence-electron chi connectivity index (χ1n) is 12.0. The lowest BCUT2D eigenvalue weighted by Crippen LogP contribution is -2.38. The molecule has 2 aliphatic rings. The van der Waals surface area contributed by atoms with Crippen molar-refractivity contribution in [1.82, 2.24) is 40.0 Å². The largest absolute Gasteiger partial charge is 0.378 e. The zero-order chi connectivity index (χ0) is 24.5. The van der Waals surface area contributed by atoms with Crippen molar-refractivity contribution in [2.24, 2.45) is 0 Å². The van der Waals surface area contributed by atoms with Crippen molar-refractivity contribution in [2.75, 3.05) is 50.0 Å². The maximum absolute atomic E-state index is 12.9. The van der Waals surface area contributed by atoms with Crippen molar-refractivity contribution < 1.29 is 9.53 Å². The summed E-state index contributed by atoms with van der Waals surface area (Å²) < 4.78 is 5.49. The number of morpholine rings is 1. The molecule has 0 aliphatic carbocycles. The summed E-state index contributed by atoms with van der Waals surface area (Å²) in [6.45, 7) is 3.99. The molecule has 4 aromatic rings. The number of piperidine rings is 1. The minimum absolute atomic E-state index is 0.0310. The predicted octanol–water partition coefficient (Wildman–Crippen LogP) is 1.64. The molecule has 6 rings (SSSR count). The van der Waals surface area contributed by atoms with Crippen LogP contribution in [0.25, 0.3) is 22.3 Å². The molecule has 0 bridgehead atoms. The number of nitrogen functional groups attached to an aromatic ring is 1. The van der Waals surface area contributed by atoms with Gasteiger partial charge in [-0.25, -0.2) is 15.0 Å². The van der Waals surface area contributed by atoms with E-state index < -0.39 is 0 Å². The number of aromatic nitrogens is 7. The zero-order valence-corrected chi connectivity index (χ0v) is 19.7. The Hall–Kier alpha value is -4.19. The van der Waals surface area contributed by atoms with Crippen molar-refractivity contribution >= 4 is 28.8 Å². The van der Waals surface area contributed by atoms with E-state index in [-0.39, 0.29) is 17.8 Å². The third-order valence-electron chi connectivity index (χ3n) is 6.79. The number of aromatic amines is 1. The Labute approximate surface area is 206 Å². The number of ether oxygens (including phenoxy) is 1. The van der Waals surface area contributed by atoms with Crippen LogP contribution in [0.15, 0.2) is 36.9 Å². The van der Waals surface area contributed by atoms with E-state index in [0.29, 0.717) is 56.6 Å². The van der Waals surface area contributed by atoms with Gasteiger partial charge in [0, 0.05) is 68.0 Å². The zero-order valence-electron chi connectivity index (χ0n) is 19.7. The van der Waals surface area contributed by atoms with E-state index in [9.17, 15) is 4.79 Å². The van der Waals surface area contributed by atoms with Crippen LogP contribution in [0.4, 0.5) is 11.9 Å². The van der Waals surface area contributed by atoms with E-state index in [1.807, 2.05) is 4.90 Å². The fourth-order valence-electron chi connectivity index (χ4n) is 4.85. The molecule has 3 N–H and O–H groups in total. The summed E-state index contributed by atoms with van der Waals surface area (Å²) in [5, 5.41) is 8.67. The van der Waals surface area contributed by atoms with E-state index in [0.717, 1.165) is 35.2 Å². The summed E-state index contributed by atoms with van der Waals surface area (Å²) in [6.07, 6.45) is 8.25. The highest BCUT2D eigenvalue weighted by Gasteiger charge is 2.29. The van der Waals surface area contributed by atoms with E-state index in [2.05, 4.69) is 30.0 Å². The van der Waals surface area contributed by atoms with Crippen LogP contribution in [-0.2, 0) is 4.74 Å². The number of rotatable bonds is 4. The second-order valence-corrected chi connectivity index (χ2v) is 8.94. The summed E-state index contributed by atoms with van der Waals surface area (Å²) in [4.78, 5) is 39.0. The molecule has 12 nitrogen and oxygen atoms in total. The number of anilines is 2. The molecule has 2 fully saturated rings. The lowest BCUT2D eigenvalue weighted by Gasteiger charge is -2.32. The quantitative estimate of drug-likeness (QED) is 0.435. The Bertz CT molecular complexity index is 1360. The first-order valence-corrected chi connectivity index (χ1v) is 12.0. The standard InChI is InChI=1S/C24H26N10O2/c25-23-27-13-17(14-28-23)19-18-20(31-32-21(18)30-24(29-19)34-9-11-36-12-10-34)15-3-7-33(8-4-15)22(35)16-1-5-26-6-2-16/h1-2,5-6,13-15H,3-4,7-12H2,(H2,25,27,28)(H,29,30,31,32). The topological polar surface area (TPSA) is 152 Å². The van der Waals surface area contributed by atoms with Gasteiger partial charge in [-0.2, -0.15) is 10.1 Å². The summed E-state index contributed by atoms with van der Waals surface area (Å²) in [7, 11) is 0. The minimum atomic E-state index is 0.0310. The van der Waals surface area contributed by atoms with Gasteiger partial charge in [0.2, 0.25) is 11.9 Å². The molecule has 0 radical (unpaired) electrons. The molecule has 0 aromatic carbocycles. The molecule has 12 heteroatoms. The summed E-state index contributed by atoms with van der Waals surface area (Å²) in [5.41, 5.74) is 9.44. The average molecular weight is 487 g/mol. The second-order valence-electron chi connectivity index (χ2n) is 8.94. The van der Waals surface area contributed by atoms with Crippen LogP contribution in [0.1, 0.15) is 34.8 Å². The third-order valence-corrected chi connectivity index (χ3v) is 6.79. The van der Waals surface area contributed by atoms with Gasteiger partial charge in [-0.15, -0.1) is 0 Å². The summed E-state index contributed by atoms with van der Waals surface area (Å²) in [6, 6.07) is 3.50. The SMILES string of the molecule is Nc1ncc(-c2nc(N3CCOCC3)nc3n[nH]c(C4CCN(C(=O)c5ccncc5)CC4)c23)cn1. The Kier molecular flexibility index (Phi) is 5.85. The number of pyridine rings is 1. The fraction of sp³-hybridized carbons (Fsp3) is 0.375. The van der Waals surface area contributed by atoms with Crippen molar-refractivity contribution in [1.29, 1.82) is 0 Å². The maximum Gasteiger partial charge on any atom is 0.253 e. The van der Waals surface area contributed by atoms with Gasteiger partial charge in [-0.05, 0) is 25.0 Å². The van der Waals surface area contributed by atoms with Gasteiger partial charge in [-0.3, -0.25) is 14.9 Å². The van der Waals surface area contributed by atoms with E-state index in [1.165, 1.54) is 0 Å². The van der Waals surface area contributed by atoms with Gasteiger partial charge in [0.05, 0.1) is 30.0 Å². The van der Waals surface area contributed by atoms with Gasteiger partial charge < -0.3 is 20.3 Å². The number of likely N-dealkylation sites (tertiary alicyclic amines) is 1. The smallest absolute Gasteiger partial charge is 0.253 e. The van der Waals surface area contributed by atoms with Gasteiger partial charge in [-0.1, -0.05) is 0 Å². The van der Waals surface area contributed by atoms with Crippen molar-refractivity contribution in [3.63, 3.8) is 0 Å². The Morgan fingerprint density at radius 3 is 2.47 bits per heavy atom. The molecule has 0 saturated carbocycles. The maximum atomic E-state index is 12.9. The van der Waals surface area contributed by atoms with E-state index in [1.54, 1.807) is 36.9 Å². The molecule has 0 atom stereocenters. The number of H-pyrrole nitrogens is 1. The number of amides is 1. The monoisotopic (exact) mass is 486 g/mol. The average Bonchev–Trinajstić information content (AvgIpc) is 3.38. The molecule has 2 saturated heterocycles. The first kappa shape index (κ1) is 22.3. The highest BCUT2D eigenvalue weighted by Crippen LogP contribution is 2.36. The summed E-state index contributed by atoms with van der Waals surface area (Å²) >= 11 is 0. The highest BCUT2D eigenvalue weighted by molar-refractivity contribution is 5.95. The Morgan fingerprint density at radius 1 is 1.03 bits per heavy atom. The number of nitrogens with one attached hydrogen (secondary N) is 1. The van der Waals surface area contributed by atoms with Crippen LogP contribution in [0, 0.1) is 0 Å². The third kappa shape index (κ3) is 4.19. The normalized spacial score (nSPS) is 17.0. The molecular formula is C24H26N10O2. The van der Waals surface area contributed by atoms with E-state index >= 15 is 0 Å². The molecule has 2 aliphatic heterocycles. The minimum Gasteiger partial charge on any atom is -0.378 e. The number of nitrogens with zero attached hydrogens (tertiary/aromatic N) is 8. The molecule has 4 aromatic heterocycles. The number of nitrogens with two attached hydrogens (primary N) is 1. The second kappa shape index (κ2) is 9.46. The van der Waals surface area contributed by atoms with Crippen LogP contribution < -0.4 is 10.6 Å². The molecule has 184 valence electrons. The van der Waals surface area contributed by atoms with Gasteiger partial charge in [0.1, 0.15) is 0 Å². The van der Waals surface area contributed by atoms with Crippen LogP contribution in [0.3, 0.4) is 0 Å². The molecule has 6 heterocycles. The number of carbonyl (C=O) groups excluding carboxylic acids is 1. The van der Waals surface area contributed by atoms with Gasteiger partial charge in [0.15, 0.2) is 5.65 Å². The van der Waals surface area contributed by atoms with Crippen molar-refractivity contribution in [2.45, 2.75) is 18.8 Å². The molecule has 0 spiro atoms. The number of hydrogen-bond acceptors (Lipinski definition) is 10. The van der Waals surface area contributed by atoms with Crippen molar-refractivity contribution in [3.8, 4) is 11.3 Å². The summed E-state index contributed by atoms with van der Waals surface area (Å²) in [5.74, 6) is 1.02. The fourth-order valence-corrected chi connectivity index (χ4v) is 4.85.